The second-order valence-corrected chi connectivity index (χ2v) is 9.64. The molecule has 2 aromatic rings. The summed E-state index contributed by atoms with van der Waals surface area (Å²) in [5, 5.41) is 2.23. The molecule has 1 amide bonds. The lowest BCUT2D eigenvalue weighted by Crippen LogP contribution is -2.27. The fourth-order valence-electron chi connectivity index (χ4n) is 2.82. The molecule has 0 unspecified atom stereocenters. The van der Waals surface area contributed by atoms with E-state index in [0.29, 0.717) is 23.7 Å². The Morgan fingerprint density at radius 1 is 1.11 bits per heavy atom. The highest BCUT2D eigenvalue weighted by Crippen LogP contribution is 2.27. The van der Waals surface area contributed by atoms with Gasteiger partial charge in [0.2, 0.25) is 15.9 Å². The van der Waals surface area contributed by atoms with E-state index in [0.717, 1.165) is 24.6 Å². The van der Waals surface area contributed by atoms with Crippen LogP contribution < -0.4 is 5.32 Å². The van der Waals surface area contributed by atoms with Crippen LogP contribution in [0.5, 0.6) is 0 Å². The molecule has 0 aromatic heterocycles. The van der Waals surface area contributed by atoms with E-state index in [9.17, 15) is 17.6 Å². The van der Waals surface area contributed by atoms with Crippen molar-refractivity contribution in [3.8, 4) is 0 Å². The number of hydrogen-bond donors (Lipinski definition) is 1. The van der Waals surface area contributed by atoms with Crippen molar-refractivity contribution in [1.82, 2.24) is 4.31 Å². The molecule has 1 aliphatic heterocycles. The fourth-order valence-corrected chi connectivity index (χ4v) is 5.22. The van der Waals surface area contributed by atoms with Crippen LogP contribution in [0.2, 0.25) is 0 Å². The second kappa shape index (κ2) is 8.41. The molecule has 0 aliphatic carbocycles. The monoisotopic (exact) mass is 408 g/mol. The van der Waals surface area contributed by atoms with Crippen LogP contribution in [-0.2, 0) is 14.8 Å². The summed E-state index contributed by atoms with van der Waals surface area (Å²) in [6, 6.07) is 12.4. The van der Waals surface area contributed by atoms with Crippen LogP contribution in [0.3, 0.4) is 0 Å². The van der Waals surface area contributed by atoms with E-state index in [-0.39, 0.29) is 16.6 Å². The number of nitrogens with one attached hydrogen (secondary N) is 1. The molecule has 1 atom stereocenters. The van der Waals surface area contributed by atoms with Crippen LogP contribution >= 0.6 is 11.8 Å². The SMILES string of the molecule is C[C@H](Sc1ccccc1F)C(=O)Nc1ccc(S(=O)(=O)N2CCCC2)cc1. The number of halogens is 1. The quantitative estimate of drug-likeness (QED) is 0.740. The number of rotatable bonds is 6. The summed E-state index contributed by atoms with van der Waals surface area (Å²) in [5.41, 5.74) is 0.501. The van der Waals surface area contributed by atoms with Gasteiger partial charge in [0, 0.05) is 23.7 Å². The van der Waals surface area contributed by atoms with Gasteiger partial charge in [0.15, 0.2) is 0 Å². The number of benzene rings is 2. The average Bonchev–Trinajstić information content (AvgIpc) is 3.19. The number of amides is 1. The molecule has 5 nitrogen and oxygen atoms in total. The predicted octanol–water partition coefficient (Wildman–Crippen LogP) is 3.73. The largest absolute Gasteiger partial charge is 0.325 e. The van der Waals surface area contributed by atoms with E-state index in [1.807, 2.05) is 0 Å². The molecule has 0 saturated carbocycles. The summed E-state index contributed by atoms with van der Waals surface area (Å²) in [5.74, 6) is -0.642. The maximum Gasteiger partial charge on any atom is 0.243 e. The third-order valence-electron chi connectivity index (χ3n) is 4.33. The Labute approximate surface area is 163 Å². The Hall–Kier alpha value is -1.90. The van der Waals surface area contributed by atoms with Crippen molar-refractivity contribution < 1.29 is 17.6 Å². The van der Waals surface area contributed by atoms with E-state index in [4.69, 9.17) is 0 Å². The number of thioether (sulfide) groups is 1. The molecule has 1 aliphatic rings. The molecular formula is C19H21FN2O3S2. The van der Waals surface area contributed by atoms with Gasteiger partial charge in [0.05, 0.1) is 10.1 Å². The molecule has 0 spiro atoms. The summed E-state index contributed by atoms with van der Waals surface area (Å²) in [7, 11) is -3.47. The molecule has 1 N–H and O–H groups in total. The third kappa shape index (κ3) is 4.69. The highest BCUT2D eigenvalue weighted by atomic mass is 32.2. The summed E-state index contributed by atoms with van der Waals surface area (Å²) in [6.07, 6.45) is 1.76. The van der Waals surface area contributed by atoms with Gasteiger partial charge in [-0.2, -0.15) is 4.31 Å². The Kier molecular flexibility index (Phi) is 6.18. The second-order valence-electron chi connectivity index (χ2n) is 6.32. The van der Waals surface area contributed by atoms with Crippen molar-refractivity contribution in [3.05, 3.63) is 54.3 Å². The zero-order valence-corrected chi connectivity index (χ0v) is 16.5. The summed E-state index contributed by atoms with van der Waals surface area (Å²) >= 11 is 1.13. The number of nitrogens with zero attached hydrogens (tertiary/aromatic N) is 1. The number of sulfonamides is 1. The molecule has 27 heavy (non-hydrogen) atoms. The van der Waals surface area contributed by atoms with Crippen LogP contribution in [0.25, 0.3) is 0 Å². The highest BCUT2D eigenvalue weighted by molar-refractivity contribution is 8.00. The summed E-state index contributed by atoms with van der Waals surface area (Å²) < 4.78 is 40.2. The molecular weight excluding hydrogens is 387 g/mol. The Balaban J connectivity index is 1.64. The Morgan fingerprint density at radius 2 is 1.74 bits per heavy atom. The third-order valence-corrected chi connectivity index (χ3v) is 7.40. The van der Waals surface area contributed by atoms with E-state index in [1.54, 1.807) is 37.3 Å². The lowest BCUT2D eigenvalue weighted by Gasteiger charge is -2.16. The Morgan fingerprint density at radius 3 is 2.37 bits per heavy atom. The van der Waals surface area contributed by atoms with Gasteiger partial charge in [-0.3, -0.25) is 4.79 Å². The normalized spacial score (nSPS) is 16.2. The van der Waals surface area contributed by atoms with Crippen LogP contribution in [0, 0.1) is 5.82 Å². The van der Waals surface area contributed by atoms with Gasteiger partial charge in [-0.15, -0.1) is 11.8 Å². The number of hydrogen-bond acceptors (Lipinski definition) is 4. The van der Waals surface area contributed by atoms with E-state index in [2.05, 4.69) is 5.32 Å². The maximum absolute atomic E-state index is 13.7. The molecule has 3 rings (SSSR count). The summed E-state index contributed by atoms with van der Waals surface area (Å²) in [6.45, 7) is 2.79. The number of carbonyl (C=O) groups is 1. The minimum atomic E-state index is -3.47. The first-order valence-corrected chi connectivity index (χ1v) is 11.0. The van der Waals surface area contributed by atoms with Gasteiger partial charge >= 0.3 is 0 Å². The van der Waals surface area contributed by atoms with Gasteiger partial charge in [0.25, 0.3) is 0 Å². The molecule has 1 heterocycles. The standard InChI is InChI=1S/C19H21FN2O3S2/c1-14(26-18-7-3-2-6-17(18)20)19(23)21-15-8-10-16(11-9-15)27(24,25)22-12-4-5-13-22/h2-3,6-11,14H,4-5,12-13H2,1H3,(H,21,23)/t14-/m0/s1. The molecule has 0 radical (unpaired) electrons. The molecule has 1 fully saturated rings. The first kappa shape index (κ1) is 19.9. The van der Waals surface area contributed by atoms with Gasteiger partial charge in [0.1, 0.15) is 5.82 Å². The molecule has 8 heteroatoms. The van der Waals surface area contributed by atoms with Crippen LogP contribution in [0.1, 0.15) is 19.8 Å². The van der Waals surface area contributed by atoms with E-state index in [1.165, 1.54) is 22.5 Å². The first-order valence-electron chi connectivity index (χ1n) is 8.70. The topological polar surface area (TPSA) is 66.5 Å². The zero-order valence-electron chi connectivity index (χ0n) is 14.9. The van der Waals surface area contributed by atoms with E-state index >= 15 is 0 Å². The maximum atomic E-state index is 13.7. The number of anilines is 1. The minimum Gasteiger partial charge on any atom is -0.325 e. The average molecular weight is 409 g/mol. The smallest absolute Gasteiger partial charge is 0.243 e. The minimum absolute atomic E-state index is 0.219. The fraction of sp³-hybridized carbons (Fsp3) is 0.316. The van der Waals surface area contributed by atoms with Crippen LogP contribution in [0.4, 0.5) is 10.1 Å². The molecule has 0 bridgehead atoms. The molecule has 1 saturated heterocycles. The van der Waals surface area contributed by atoms with Crippen LogP contribution in [0.15, 0.2) is 58.3 Å². The van der Waals surface area contributed by atoms with Gasteiger partial charge in [-0.05, 0) is 56.2 Å². The van der Waals surface area contributed by atoms with Gasteiger partial charge in [-0.1, -0.05) is 12.1 Å². The Bertz CT molecular complexity index is 911. The van der Waals surface area contributed by atoms with Crippen molar-refractivity contribution >= 4 is 33.4 Å². The van der Waals surface area contributed by atoms with Crippen molar-refractivity contribution in [2.24, 2.45) is 0 Å². The van der Waals surface area contributed by atoms with Crippen molar-refractivity contribution in [2.45, 2.75) is 34.8 Å². The number of carbonyl (C=O) groups excluding carboxylic acids is 1. The van der Waals surface area contributed by atoms with Crippen molar-refractivity contribution in [3.63, 3.8) is 0 Å². The van der Waals surface area contributed by atoms with Crippen molar-refractivity contribution in [2.75, 3.05) is 18.4 Å². The lowest BCUT2D eigenvalue weighted by atomic mass is 10.3. The van der Waals surface area contributed by atoms with E-state index < -0.39 is 15.3 Å². The van der Waals surface area contributed by atoms with Gasteiger partial charge < -0.3 is 5.32 Å². The predicted molar refractivity (Wildman–Crippen MR) is 105 cm³/mol. The van der Waals surface area contributed by atoms with Gasteiger partial charge in [-0.25, -0.2) is 12.8 Å². The highest BCUT2D eigenvalue weighted by Gasteiger charge is 2.27. The van der Waals surface area contributed by atoms with Crippen molar-refractivity contribution in [1.29, 1.82) is 0 Å². The zero-order chi connectivity index (χ0) is 19.4. The lowest BCUT2D eigenvalue weighted by molar-refractivity contribution is -0.115. The molecule has 144 valence electrons. The van der Waals surface area contributed by atoms with Crippen LogP contribution in [-0.4, -0.2) is 37.0 Å². The summed E-state index contributed by atoms with van der Waals surface area (Å²) in [4.78, 5) is 13.0. The first-order chi connectivity index (χ1) is 12.9. The molecule has 2 aromatic carbocycles.